The van der Waals surface area contributed by atoms with Crippen LogP contribution in [0.2, 0.25) is 5.15 Å². The van der Waals surface area contributed by atoms with Gasteiger partial charge in [0.15, 0.2) is 5.15 Å². The number of unbranched alkanes of at least 4 members (excludes halogenated alkanes) is 1. The largest absolute Gasteiger partial charge is 0.444 e. The minimum absolute atomic E-state index is 0.0510. The number of para-hydroxylation sites is 1. The zero-order valence-electron chi connectivity index (χ0n) is 21.2. The second-order valence-corrected chi connectivity index (χ2v) is 11.5. The fourth-order valence-electron chi connectivity index (χ4n) is 5.55. The van der Waals surface area contributed by atoms with Gasteiger partial charge in [0.05, 0.1) is 11.2 Å². The zero-order valence-corrected chi connectivity index (χ0v) is 21.9. The van der Waals surface area contributed by atoms with Crippen molar-refractivity contribution in [2.45, 2.75) is 71.8 Å². The Bertz CT molecular complexity index is 1090. The van der Waals surface area contributed by atoms with Gasteiger partial charge >= 0.3 is 6.09 Å². The van der Waals surface area contributed by atoms with E-state index in [1.165, 1.54) is 0 Å². The van der Waals surface area contributed by atoms with Crippen LogP contribution in [0.1, 0.15) is 66.2 Å². The summed E-state index contributed by atoms with van der Waals surface area (Å²) in [6.45, 7) is 9.10. The summed E-state index contributed by atoms with van der Waals surface area (Å²) in [4.78, 5) is 29.1. The topological polar surface area (TPSA) is 92.4 Å². The van der Waals surface area contributed by atoms with Gasteiger partial charge in [-0.05, 0) is 69.8 Å². The van der Waals surface area contributed by atoms with Crippen LogP contribution in [0.5, 0.6) is 0 Å². The van der Waals surface area contributed by atoms with Gasteiger partial charge < -0.3 is 20.7 Å². The lowest BCUT2D eigenvalue weighted by Crippen LogP contribution is -2.37. The molecule has 1 aromatic carbocycles. The third-order valence-corrected chi connectivity index (χ3v) is 7.44. The molecule has 2 bridgehead atoms. The molecule has 190 valence electrons. The maximum Gasteiger partial charge on any atom is 0.407 e. The van der Waals surface area contributed by atoms with Crippen LogP contribution < -0.4 is 16.0 Å². The lowest BCUT2D eigenvalue weighted by Gasteiger charge is -2.39. The molecular formula is C27H37ClN4O3. The molecule has 3 aliphatic carbocycles. The van der Waals surface area contributed by atoms with Crippen molar-refractivity contribution in [1.82, 2.24) is 10.3 Å². The minimum atomic E-state index is -0.495. The van der Waals surface area contributed by atoms with E-state index in [0.29, 0.717) is 35.6 Å². The van der Waals surface area contributed by atoms with Gasteiger partial charge in [-0.15, -0.1) is 0 Å². The average molecular weight is 501 g/mol. The standard InChI is InChI=1S/C27H37ClN4O3/c1-5-6-11-21(33)32-23-22(19-9-7-8-10-20(19)31-24(23)28)30-16-27-12-17(13-27)18(14-27)15-29-25(34)35-26(2,3)4/h7-10,17-18H,5-6,11-16H2,1-4H3,(H,29,34)(H,30,31)(H,32,33). The summed E-state index contributed by atoms with van der Waals surface area (Å²) in [6.07, 6.45) is 5.21. The van der Waals surface area contributed by atoms with Crippen molar-refractivity contribution < 1.29 is 14.3 Å². The van der Waals surface area contributed by atoms with E-state index >= 15 is 0 Å². The number of nitrogens with zero attached hydrogens (tertiary/aromatic N) is 1. The Hall–Kier alpha value is -2.54. The summed E-state index contributed by atoms with van der Waals surface area (Å²) in [7, 11) is 0. The average Bonchev–Trinajstić information content (AvgIpc) is 3.30. The van der Waals surface area contributed by atoms with E-state index in [2.05, 4.69) is 27.9 Å². The molecule has 2 amide bonds. The van der Waals surface area contributed by atoms with Crippen LogP contribution in [0.15, 0.2) is 24.3 Å². The molecule has 35 heavy (non-hydrogen) atoms. The van der Waals surface area contributed by atoms with E-state index in [0.717, 1.165) is 55.2 Å². The first-order valence-electron chi connectivity index (χ1n) is 12.7. The first-order valence-corrected chi connectivity index (χ1v) is 13.1. The number of anilines is 2. The van der Waals surface area contributed by atoms with Crippen LogP contribution in [0.4, 0.5) is 16.2 Å². The van der Waals surface area contributed by atoms with Crippen molar-refractivity contribution in [3.63, 3.8) is 0 Å². The van der Waals surface area contributed by atoms with Gasteiger partial charge in [-0.25, -0.2) is 9.78 Å². The number of hydrogen-bond acceptors (Lipinski definition) is 5. The SMILES string of the molecule is CCCCC(=O)Nc1c(Cl)nc2ccccc2c1NCC12CC(CNC(=O)OC(C)(C)C)C(C1)C2. The van der Waals surface area contributed by atoms with E-state index in [4.69, 9.17) is 16.3 Å². The number of halogens is 1. The van der Waals surface area contributed by atoms with Gasteiger partial charge in [0, 0.05) is 24.9 Å². The summed E-state index contributed by atoms with van der Waals surface area (Å²) in [5.74, 6) is 1.03. The molecule has 2 aromatic rings. The Balaban J connectivity index is 1.44. The number of alkyl carbamates (subject to hydrolysis) is 1. The van der Waals surface area contributed by atoms with Crippen LogP contribution in [-0.2, 0) is 9.53 Å². The third kappa shape index (κ3) is 6.00. The van der Waals surface area contributed by atoms with Crippen molar-refractivity contribution in [3.8, 4) is 0 Å². The Morgan fingerprint density at radius 3 is 2.63 bits per heavy atom. The molecule has 1 atom stereocenters. The Morgan fingerprint density at radius 2 is 1.91 bits per heavy atom. The first kappa shape index (κ1) is 25.5. The number of benzene rings is 1. The number of ether oxygens (including phenoxy) is 1. The van der Waals surface area contributed by atoms with E-state index < -0.39 is 5.60 Å². The van der Waals surface area contributed by atoms with Gasteiger partial charge in [-0.1, -0.05) is 43.1 Å². The number of hydrogen-bond donors (Lipinski definition) is 3. The van der Waals surface area contributed by atoms with E-state index in [9.17, 15) is 9.59 Å². The molecule has 3 aliphatic rings. The lowest BCUT2D eigenvalue weighted by molar-refractivity contribution is -0.116. The van der Waals surface area contributed by atoms with Crippen molar-refractivity contribution in [3.05, 3.63) is 29.4 Å². The van der Waals surface area contributed by atoms with E-state index in [1.807, 2.05) is 45.0 Å². The van der Waals surface area contributed by atoms with Crippen molar-refractivity contribution in [2.24, 2.45) is 17.3 Å². The van der Waals surface area contributed by atoms with Crippen LogP contribution in [0, 0.1) is 17.3 Å². The molecule has 7 nitrogen and oxygen atoms in total. The second-order valence-electron chi connectivity index (χ2n) is 11.2. The molecule has 5 rings (SSSR count). The molecule has 1 unspecified atom stereocenters. The normalized spacial score (nSPS) is 23.0. The molecule has 1 heterocycles. The molecular weight excluding hydrogens is 464 g/mol. The van der Waals surface area contributed by atoms with E-state index in [-0.39, 0.29) is 17.4 Å². The molecule has 3 N–H and O–H groups in total. The number of amides is 2. The van der Waals surface area contributed by atoms with E-state index in [1.54, 1.807) is 0 Å². The van der Waals surface area contributed by atoms with Gasteiger partial charge in [0.2, 0.25) is 5.91 Å². The van der Waals surface area contributed by atoms with Crippen LogP contribution in [-0.4, -0.2) is 35.7 Å². The zero-order chi connectivity index (χ0) is 25.2. The lowest BCUT2D eigenvalue weighted by atomic mass is 9.69. The number of carbonyl (C=O) groups is 2. The number of carbonyl (C=O) groups excluding carboxylic acids is 2. The van der Waals surface area contributed by atoms with Crippen LogP contribution in [0.3, 0.4) is 0 Å². The minimum Gasteiger partial charge on any atom is -0.444 e. The number of pyridine rings is 1. The number of fused-ring (bicyclic) bond motifs is 2. The molecule has 1 aromatic heterocycles. The second kappa shape index (κ2) is 10.2. The first-order chi connectivity index (χ1) is 16.6. The molecule has 8 heteroatoms. The van der Waals surface area contributed by atoms with Crippen molar-refractivity contribution in [1.29, 1.82) is 0 Å². The molecule has 0 spiro atoms. The Morgan fingerprint density at radius 1 is 1.17 bits per heavy atom. The Kier molecular flexibility index (Phi) is 7.46. The fraction of sp³-hybridized carbons (Fsp3) is 0.593. The smallest absolute Gasteiger partial charge is 0.407 e. The van der Waals surface area contributed by atoms with Gasteiger partial charge in [0.1, 0.15) is 11.3 Å². The monoisotopic (exact) mass is 500 g/mol. The molecule has 0 aliphatic heterocycles. The molecule has 0 radical (unpaired) electrons. The van der Waals surface area contributed by atoms with Gasteiger partial charge in [-0.3, -0.25) is 4.79 Å². The highest BCUT2D eigenvalue weighted by Gasteiger charge is 2.55. The quantitative estimate of drug-likeness (QED) is 0.348. The maximum atomic E-state index is 12.5. The van der Waals surface area contributed by atoms with Crippen molar-refractivity contribution in [2.75, 3.05) is 23.7 Å². The molecule has 3 fully saturated rings. The predicted octanol–water partition coefficient (Wildman–Crippen LogP) is 6.37. The highest BCUT2D eigenvalue weighted by molar-refractivity contribution is 6.34. The predicted molar refractivity (Wildman–Crippen MR) is 141 cm³/mol. The summed E-state index contributed by atoms with van der Waals surface area (Å²) >= 11 is 6.55. The molecule has 3 saturated carbocycles. The number of nitrogens with one attached hydrogen (secondary N) is 3. The van der Waals surface area contributed by atoms with Gasteiger partial charge in [-0.2, -0.15) is 0 Å². The highest BCUT2D eigenvalue weighted by Crippen LogP contribution is 2.61. The number of rotatable bonds is 9. The summed E-state index contributed by atoms with van der Waals surface area (Å²) < 4.78 is 5.38. The third-order valence-electron chi connectivity index (χ3n) is 7.17. The fourth-order valence-corrected chi connectivity index (χ4v) is 5.79. The van der Waals surface area contributed by atoms with Crippen molar-refractivity contribution >= 4 is 45.9 Å². The summed E-state index contributed by atoms with van der Waals surface area (Å²) in [6, 6.07) is 7.84. The van der Waals surface area contributed by atoms with Crippen LogP contribution in [0.25, 0.3) is 10.9 Å². The summed E-state index contributed by atoms with van der Waals surface area (Å²) in [5, 5.41) is 10.8. The van der Waals surface area contributed by atoms with Crippen LogP contribution >= 0.6 is 11.6 Å². The van der Waals surface area contributed by atoms with Gasteiger partial charge in [0.25, 0.3) is 0 Å². The summed E-state index contributed by atoms with van der Waals surface area (Å²) in [5.41, 5.74) is 1.87. The molecule has 0 saturated heterocycles. The number of aromatic nitrogens is 1. The maximum absolute atomic E-state index is 12.5. The highest BCUT2D eigenvalue weighted by atomic mass is 35.5. The Labute approximate surface area is 212 Å².